The van der Waals surface area contributed by atoms with Crippen molar-refractivity contribution in [2.45, 2.75) is 32.9 Å². The number of aromatic nitrogens is 1. The van der Waals surface area contributed by atoms with E-state index in [0.29, 0.717) is 12.0 Å². The van der Waals surface area contributed by atoms with Crippen molar-refractivity contribution in [2.75, 3.05) is 0 Å². The Labute approximate surface area is 131 Å². The van der Waals surface area contributed by atoms with Crippen molar-refractivity contribution in [2.24, 2.45) is 0 Å². The first kappa shape index (κ1) is 16.4. The van der Waals surface area contributed by atoms with Gasteiger partial charge in [0.15, 0.2) is 0 Å². The molecule has 1 heterocycles. The van der Waals surface area contributed by atoms with Crippen LogP contribution >= 0.6 is 11.3 Å². The summed E-state index contributed by atoms with van der Waals surface area (Å²) in [6, 6.07) is 2.59. The lowest BCUT2D eigenvalue weighted by molar-refractivity contribution is 0.236. The number of carbonyl (C=O) groups excluding carboxylic acids is 1. The van der Waals surface area contributed by atoms with Crippen LogP contribution in [-0.2, 0) is 6.54 Å². The Morgan fingerprint density at radius 3 is 2.55 bits per heavy atom. The fraction of sp³-hybridized carbons (Fsp3) is 0.333. The highest BCUT2D eigenvalue weighted by atomic mass is 32.1. The Balaban J connectivity index is 1.91. The number of halogens is 2. The van der Waals surface area contributed by atoms with Gasteiger partial charge in [-0.3, -0.25) is 0 Å². The first-order chi connectivity index (χ1) is 10.5. The minimum absolute atomic E-state index is 0.0494. The molecule has 0 aliphatic carbocycles. The van der Waals surface area contributed by atoms with Crippen LogP contribution in [0, 0.1) is 18.6 Å². The fourth-order valence-corrected chi connectivity index (χ4v) is 2.91. The molecule has 0 unspecified atom stereocenters. The number of carbonyl (C=O) groups is 1. The molecule has 2 rings (SSSR count). The maximum atomic E-state index is 13.1. The smallest absolute Gasteiger partial charge is 0.315 e. The van der Waals surface area contributed by atoms with E-state index in [4.69, 9.17) is 0 Å². The summed E-state index contributed by atoms with van der Waals surface area (Å²) in [5.41, 5.74) is 1.28. The molecule has 4 nitrogen and oxygen atoms in total. The van der Waals surface area contributed by atoms with E-state index in [9.17, 15) is 13.6 Å². The number of nitrogens with zero attached hydrogens (tertiary/aromatic N) is 1. The second kappa shape index (κ2) is 7.31. The normalized spacial score (nSPS) is 12.0. The van der Waals surface area contributed by atoms with Gasteiger partial charge in [-0.15, -0.1) is 11.3 Å². The van der Waals surface area contributed by atoms with Gasteiger partial charge in [-0.05, 0) is 31.0 Å². The average Bonchev–Trinajstić information content (AvgIpc) is 2.88. The molecule has 22 heavy (non-hydrogen) atoms. The number of amides is 2. The van der Waals surface area contributed by atoms with Crippen LogP contribution < -0.4 is 10.6 Å². The van der Waals surface area contributed by atoms with Gasteiger partial charge in [0, 0.05) is 23.7 Å². The molecule has 0 radical (unpaired) electrons. The van der Waals surface area contributed by atoms with Crippen molar-refractivity contribution in [3.63, 3.8) is 0 Å². The topological polar surface area (TPSA) is 54.0 Å². The van der Waals surface area contributed by atoms with Crippen LogP contribution in [0.4, 0.5) is 13.6 Å². The number of benzene rings is 1. The Bertz CT molecular complexity index is 640. The number of hydrogen-bond acceptors (Lipinski definition) is 3. The molecular formula is C15H17F2N3OS. The molecule has 1 atom stereocenters. The van der Waals surface area contributed by atoms with Crippen LogP contribution in [0.5, 0.6) is 0 Å². The van der Waals surface area contributed by atoms with E-state index in [1.165, 1.54) is 23.5 Å². The fourth-order valence-electron chi connectivity index (χ4n) is 1.98. The number of rotatable bonds is 5. The Morgan fingerprint density at radius 1 is 1.32 bits per heavy atom. The van der Waals surface area contributed by atoms with E-state index in [0.717, 1.165) is 16.8 Å². The molecule has 0 bridgehead atoms. The van der Waals surface area contributed by atoms with Crippen molar-refractivity contribution in [1.82, 2.24) is 15.6 Å². The minimum atomic E-state index is -0.665. The summed E-state index contributed by atoms with van der Waals surface area (Å²) in [6.45, 7) is 3.89. The number of thiazole rings is 1. The second-order valence-corrected chi connectivity index (χ2v) is 5.78. The molecule has 0 saturated heterocycles. The van der Waals surface area contributed by atoms with Gasteiger partial charge >= 0.3 is 6.03 Å². The highest BCUT2D eigenvalue weighted by molar-refractivity contribution is 7.09. The SMILES string of the molecule is CC[C@@H](NC(=O)NCc1cc(F)cc(F)c1)c1nc(C)cs1. The zero-order valence-corrected chi connectivity index (χ0v) is 13.1. The predicted octanol–water partition coefficient (Wildman–Crippen LogP) is 3.68. The molecule has 0 aliphatic heterocycles. The van der Waals surface area contributed by atoms with Crippen molar-refractivity contribution in [1.29, 1.82) is 0 Å². The van der Waals surface area contributed by atoms with Gasteiger partial charge in [0.05, 0.1) is 6.04 Å². The van der Waals surface area contributed by atoms with Gasteiger partial charge in [0.1, 0.15) is 16.6 Å². The molecule has 1 aromatic heterocycles. The van der Waals surface area contributed by atoms with Gasteiger partial charge in [-0.25, -0.2) is 18.6 Å². The summed E-state index contributed by atoms with van der Waals surface area (Å²) in [5, 5.41) is 8.16. The van der Waals surface area contributed by atoms with Gasteiger partial charge in [-0.2, -0.15) is 0 Å². The van der Waals surface area contributed by atoms with Gasteiger partial charge in [-0.1, -0.05) is 6.92 Å². The number of nitrogens with one attached hydrogen (secondary N) is 2. The molecular weight excluding hydrogens is 308 g/mol. The van der Waals surface area contributed by atoms with Crippen molar-refractivity contribution in [3.8, 4) is 0 Å². The zero-order valence-electron chi connectivity index (χ0n) is 12.3. The third kappa shape index (κ3) is 4.49. The first-order valence-corrected chi connectivity index (χ1v) is 7.77. The van der Waals surface area contributed by atoms with Gasteiger partial charge in [0.2, 0.25) is 0 Å². The molecule has 2 aromatic rings. The third-order valence-corrected chi connectivity index (χ3v) is 4.10. The van der Waals surface area contributed by atoms with Crippen LogP contribution in [0.15, 0.2) is 23.6 Å². The zero-order chi connectivity index (χ0) is 16.1. The molecule has 118 valence electrons. The molecule has 1 aromatic carbocycles. The van der Waals surface area contributed by atoms with Crippen molar-refractivity contribution < 1.29 is 13.6 Å². The van der Waals surface area contributed by atoms with Crippen LogP contribution in [0.25, 0.3) is 0 Å². The van der Waals surface area contributed by atoms with E-state index in [2.05, 4.69) is 15.6 Å². The van der Waals surface area contributed by atoms with E-state index in [1.807, 2.05) is 19.2 Å². The Morgan fingerprint density at radius 2 is 2.00 bits per heavy atom. The van der Waals surface area contributed by atoms with E-state index < -0.39 is 17.7 Å². The van der Waals surface area contributed by atoms with Gasteiger partial charge in [0.25, 0.3) is 0 Å². The maximum absolute atomic E-state index is 13.1. The highest BCUT2D eigenvalue weighted by Crippen LogP contribution is 2.20. The standard InChI is InChI=1S/C15H17F2N3OS/c1-3-13(14-19-9(2)8-22-14)20-15(21)18-7-10-4-11(16)6-12(17)5-10/h4-6,8,13H,3,7H2,1-2H3,(H2,18,20,21)/t13-/m1/s1. The lowest BCUT2D eigenvalue weighted by atomic mass is 10.2. The number of hydrogen-bond donors (Lipinski definition) is 2. The number of urea groups is 1. The van der Waals surface area contributed by atoms with E-state index in [1.54, 1.807) is 0 Å². The van der Waals surface area contributed by atoms with Crippen LogP contribution in [-0.4, -0.2) is 11.0 Å². The highest BCUT2D eigenvalue weighted by Gasteiger charge is 2.15. The van der Waals surface area contributed by atoms with Crippen LogP contribution in [0.1, 0.15) is 35.7 Å². The van der Waals surface area contributed by atoms with E-state index in [-0.39, 0.29) is 12.6 Å². The summed E-state index contributed by atoms with van der Waals surface area (Å²) < 4.78 is 26.1. The number of aryl methyl sites for hydroxylation is 1. The molecule has 0 spiro atoms. The molecule has 7 heteroatoms. The monoisotopic (exact) mass is 325 g/mol. The third-order valence-electron chi connectivity index (χ3n) is 3.02. The van der Waals surface area contributed by atoms with Crippen LogP contribution in [0.2, 0.25) is 0 Å². The molecule has 2 N–H and O–H groups in total. The molecule has 0 saturated carbocycles. The predicted molar refractivity (Wildman–Crippen MR) is 81.6 cm³/mol. The summed E-state index contributed by atoms with van der Waals surface area (Å²) in [5.74, 6) is -1.33. The Hall–Kier alpha value is -2.02. The Kier molecular flexibility index (Phi) is 5.43. The van der Waals surface area contributed by atoms with E-state index >= 15 is 0 Å². The van der Waals surface area contributed by atoms with Gasteiger partial charge < -0.3 is 10.6 Å². The lowest BCUT2D eigenvalue weighted by Gasteiger charge is -2.15. The molecule has 0 fully saturated rings. The molecule has 0 aliphatic rings. The summed E-state index contributed by atoms with van der Waals surface area (Å²) in [6.07, 6.45) is 0.703. The van der Waals surface area contributed by atoms with Crippen molar-refractivity contribution in [3.05, 3.63) is 51.5 Å². The van der Waals surface area contributed by atoms with Crippen LogP contribution in [0.3, 0.4) is 0 Å². The largest absolute Gasteiger partial charge is 0.334 e. The summed E-state index contributed by atoms with van der Waals surface area (Å²) >= 11 is 1.49. The summed E-state index contributed by atoms with van der Waals surface area (Å²) in [7, 11) is 0. The summed E-state index contributed by atoms with van der Waals surface area (Å²) in [4.78, 5) is 16.3. The first-order valence-electron chi connectivity index (χ1n) is 6.89. The lowest BCUT2D eigenvalue weighted by Crippen LogP contribution is -2.37. The van der Waals surface area contributed by atoms with Crippen molar-refractivity contribution >= 4 is 17.4 Å². The quantitative estimate of drug-likeness (QED) is 0.881. The second-order valence-electron chi connectivity index (χ2n) is 4.89. The minimum Gasteiger partial charge on any atom is -0.334 e. The maximum Gasteiger partial charge on any atom is 0.315 e. The molecule has 2 amide bonds. The average molecular weight is 325 g/mol.